The van der Waals surface area contributed by atoms with Crippen molar-refractivity contribution < 1.29 is 0 Å². The highest BCUT2D eigenvalue weighted by Crippen LogP contribution is 2.70. The molecule has 0 saturated heterocycles. The Morgan fingerprint density at radius 2 is 0.340 bits per heavy atom. The first-order valence-electron chi connectivity index (χ1n) is 51.4. The minimum Gasteiger partial charge on any atom is -0.310 e. The van der Waals surface area contributed by atoms with Gasteiger partial charge in [-0.05, 0) is 304 Å². The van der Waals surface area contributed by atoms with Crippen LogP contribution in [-0.2, 0) is 21.7 Å². The van der Waals surface area contributed by atoms with Gasteiger partial charge in [0.05, 0.1) is 44.4 Å². The van der Waals surface area contributed by atoms with Gasteiger partial charge in [0.15, 0.2) is 0 Å². The second-order valence-electron chi connectivity index (χ2n) is 40.7. The van der Waals surface area contributed by atoms with E-state index >= 15 is 0 Å². The van der Waals surface area contributed by atoms with Crippen molar-refractivity contribution in [1.82, 2.24) is 9.97 Å². The van der Waals surface area contributed by atoms with Gasteiger partial charge in [-0.25, -0.2) is 0 Å². The Labute approximate surface area is 852 Å². The highest BCUT2D eigenvalue weighted by Gasteiger charge is 2.57. The van der Waals surface area contributed by atoms with Gasteiger partial charge in [0, 0.05) is 40.3 Å². The fraction of sp³-hybridized carbons (Fsp3) is 0.0278. The maximum absolute atomic E-state index is 5.35. The average molecular weight is 1860 g/mol. The summed E-state index contributed by atoms with van der Waals surface area (Å²) in [4.78, 5) is 13.1. The third-order valence-corrected chi connectivity index (χ3v) is 34.3. The van der Waals surface area contributed by atoms with E-state index in [1.807, 2.05) is 0 Å². The molecule has 3 nitrogen and oxygen atoms in total. The van der Waals surface area contributed by atoms with Gasteiger partial charge in [0.25, 0.3) is 0 Å². The van der Waals surface area contributed by atoms with Crippen LogP contribution in [0.4, 0.5) is 17.1 Å². The second-order valence-corrected chi connectivity index (χ2v) is 40.7. The van der Waals surface area contributed by atoms with E-state index in [4.69, 9.17) is 9.97 Å². The molecule has 3 heteroatoms. The number of nitrogens with zero attached hydrogens (tertiary/aromatic N) is 3. The molecule has 0 bridgehead atoms. The Balaban J connectivity index is 0.000000131. The Morgan fingerprint density at radius 3 is 0.633 bits per heavy atom. The molecule has 0 amide bonds. The van der Waals surface area contributed by atoms with Gasteiger partial charge in [0.1, 0.15) is 0 Å². The zero-order valence-electron chi connectivity index (χ0n) is 80.1. The highest BCUT2D eigenvalue weighted by molar-refractivity contribution is 6.24. The molecule has 0 unspecified atom stereocenters. The van der Waals surface area contributed by atoms with Gasteiger partial charge in [-0.2, -0.15) is 0 Å². The summed E-state index contributed by atoms with van der Waals surface area (Å²) in [5, 5.41) is 9.79. The molecule has 0 radical (unpaired) electrons. The number of hydrogen-bond donors (Lipinski definition) is 0. The number of pyridine rings is 2. The van der Waals surface area contributed by atoms with Crippen molar-refractivity contribution in [3.05, 3.63) is 617 Å². The van der Waals surface area contributed by atoms with Crippen LogP contribution in [0.15, 0.2) is 528 Å². The fourth-order valence-corrected chi connectivity index (χ4v) is 28.8. The van der Waals surface area contributed by atoms with Crippen LogP contribution >= 0.6 is 0 Å². The monoisotopic (exact) mass is 1860 g/mol. The molecule has 7 aliphatic carbocycles. The Morgan fingerprint density at radius 1 is 0.136 bits per heavy atom. The minimum absolute atomic E-state index is 0.399. The van der Waals surface area contributed by atoms with Crippen LogP contribution in [0.2, 0.25) is 0 Å². The molecule has 0 atom stereocenters. The molecule has 1 aliphatic heterocycles. The summed E-state index contributed by atoms with van der Waals surface area (Å²) in [6.45, 7) is 0. The van der Waals surface area contributed by atoms with E-state index in [9.17, 15) is 0 Å². The van der Waals surface area contributed by atoms with Crippen molar-refractivity contribution in [1.29, 1.82) is 0 Å². The van der Waals surface area contributed by atoms with E-state index < -0.39 is 21.7 Å². The van der Waals surface area contributed by atoms with Crippen LogP contribution < -0.4 is 4.90 Å². The summed E-state index contributed by atoms with van der Waals surface area (Å²) < 4.78 is 0. The van der Waals surface area contributed by atoms with Crippen LogP contribution in [-0.4, -0.2) is 9.97 Å². The molecule has 4 spiro atoms. The van der Waals surface area contributed by atoms with E-state index in [-0.39, 0.29) is 0 Å². The first-order chi connectivity index (χ1) is 73.0. The standard InChI is InChI=1S/C75H46N2.C69H41N/c1-2-20-50(21-3-1)77-70-36-18-16-34-66(70)75(67-35-17-19-37-71(67)77)64-33-15-11-25-54(64)60-44-47(39-42-65(60)75)69-43-40-49(46-76-69)73-58-28-6-4-26-56(58)72(57-27-5-7-29-59(57)73)48-38-41-55-53-24-10-14-32-63(53)74(68(55)45-48)61-30-12-8-22-51(61)52-23-9-13-31-62(52)74;1-3-25-55-53(23-1)66(43-34-37-52-50-22-10-16-32-62(50)69(64(52)40-43)59-29-13-7-19-47(59)48-20-8-14-30-60(48)69)54-24-2-4-26-56(54)67(55)44-35-38-65(70-41-44)42-33-36-51-49-21-9-15-31-61(49)68(63(51)39-42)57-27-11-5-17-45(57)46-18-6-12-28-58(46)68/h1-46H;1-41H. The Bertz CT molecular complexity index is 9680. The quantitative estimate of drug-likeness (QED) is 0.149. The number of aromatic nitrogens is 2. The van der Waals surface area contributed by atoms with Gasteiger partial charge in [-0.1, -0.05) is 455 Å². The molecule has 25 aromatic rings. The van der Waals surface area contributed by atoms with E-state index in [2.05, 4.69) is 533 Å². The lowest BCUT2D eigenvalue weighted by Gasteiger charge is -2.45. The molecule has 147 heavy (non-hydrogen) atoms. The van der Waals surface area contributed by atoms with Crippen molar-refractivity contribution in [2.45, 2.75) is 21.7 Å². The molecule has 0 saturated carbocycles. The molecular formula is C144H87N3. The second kappa shape index (κ2) is 30.9. The fourth-order valence-electron chi connectivity index (χ4n) is 28.8. The largest absolute Gasteiger partial charge is 0.310 e. The molecule has 33 rings (SSSR count). The zero-order valence-corrected chi connectivity index (χ0v) is 80.1. The first kappa shape index (κ1) is 81.8. The smallest absolute Gasteiger partial charge is 0.0754 e. The predicted molar refractivity (Wildman–Crippen MR) is 606 cm³/mol. The molecule has 3 heterocycles. The third kappa shape index (κ3) is 10.8. The van der Waals surface area contributed by atoms with Crippen molar-refractivity contribution in [3.63, 3.8) is 0 Å². The number of para-hydroxylation sites is 3. The topological polar surface area (TPSA) is 29.0 Å². The van der Waals surface area contributed by atoms with Crippen LogP contribution in [0.1, 0.15) is 89.0 Å². The number of fused-ring (bicyclic) bond motifs is 43. The molecule has 0 N–H and O–H groups in total. The molecule has 0 fully saturated rings. The van der Waals surface area contributed by atoms with Crippen LogP contribution in [0, 0.1) is 0 Å². The number of anilines is 3. The van der Waals surface area contributed by atoms with E-state index in [1.165, 1.54) is 255 Å². The van der Waals surface area contributed by atoms with Gasteiger partial charge in [0.2, 0.25) is 0 Å². The number of benzene rings is 23. The molecule has 678 valence electrons. The van der Waals surface area contributed by atoms with Crippen LogP contribution in [0.5, 0.6) is 0 Å². The Hall–Kier alpha value is -18.8. The van der Waals surface area contributed by atoms with E-state index in [0.717, 1.165) is 39.3 Å². The normalized spacial score (nSPS) is 14.2. The highest BCUT2D eigenvalue weighted by atomic mass is 15.2. The summed E-state index contributed by atoms with van der Waals surface area (Å²) in [5.41, 5.74) is 55.2. The molecule has 8 aliphatic rings. The number of rotatable bonds is 7. The first-order valence-corrected chi connectivity index (χ1v) is 51.4. The van der Waals surface area contributed by atoms with Crippen LogP contribution in [0.3, 0.4) is 0 Å². The molecule has 2 aromatic heterocycles. The summed E-state index contributed by atoms with van der Waals surface area (Å²) in [7, 11) is 0. The lowest BCUT2D eigenvalue weighted by atomic mass is 9.64. The van der Waals surface area contributed by atoms with Crippen molar-refractivity contribution in [2.75, 3.05) is 4.90 Å². The molecule has 23 aromatic carbocycles. The maximum atomic E-state index is 5.35. The number of hydrogen-bond acceptors (Lipinski definition) is 3. The van der Waals surface area contributed by atoms with Crippen LogP contribution in [0.25, 0.3) is 188 Å². The lowest BCUT2D eigenvalue weighted by Crippen LogP contribution is -2.36. The van der Waals surface area contributed by atoms with Gasteiger partial charge in [-0.15, -0.1) is 0 Å². The van der Waals surface area contributed by atoms with Gasteiger partial charge >= 0.3 is 0 Å². The lowest BCUT2D eigenvalue weighted by molar-refractivity contribution is 0.752. The van der Waals surface area contributed by atoms with Crippen molar-refractivity contribution >= 4 is 60.2 Å². The van der Waals surface area contributed by atoms with Gasteiger partial charge in [-0.3, -0.25) is 9.97 Å². The zero-order chi connectivity index (χ0) is 96.1. The minimum atomic E-state index is -0.506. The third-order valence-electron chi connectivity index (χ3n) is 34.3. The van der Waals surface area contributed by atoms with Crippen molar-refractivity contribution in [3.8, 4) is 145 Å². The summed E-state index contributed by atoms with van der Waals surface area (Å²) in [5.74, 6) is 0. The predicted octanol–water partition coefficient (Wildman–Crippen LogP) is 36.0. The van der Waals surface area contributed by atoms with E-state index in [1.54, 1.807) is 0 Å². The average Bonchev–Trinajstić information content (AvgIpc) is 1.53. The maximum Gasteiger partial charge on any atom is 0.0754 e. The molecular weight excluding hydrogens is 1770 g/mol. The van der Waals surface area contributed by atoms with E-state index in [0.29, 0.717) is 0 Å². The van der Waals surface area contributed by atoms with Gasteiger partial charge < -0.3 is 4.90 Å². The SMILES string of the molecule is c1ccc(N2c3ccccc3C3(c4ccccc4-c4cc(-c5ccc(-c6c7ccccc7c(-c7ccc8c(c7)C7(c9ccccc9-c9ccccc97)c7ccccc7-8)c7ccccc67)cn5)ccc43)c3ccccc32)cc1.c1ccc2c(c1)-c1ccccc1C21c2ccccc2-c2ccc(-c3ccc(-c4c5ccccc5c(-c5ccc6c(c5)C5(c7ccccc7-c7ccccc75)c5ccccc5-6)c5ccccc45)cn3)cc21. The summed E-state index contributed by atoms with van der Waals surface area (Å²) in [6.07, 6.45) is 4.20. The van der Waals surface area contributed by atoms with Crippen molar-refractivity contribution in [2.24, 2.45) is 0 Å². The Kier molecular flexibility index (Phi) is 17.2. The summed E-state index contributed by atoms with van der Waals surface area (Å²) >= 11 is 0. The summed E-state index contributed by atoms with van der Waals surface area (Å²) in [6, 6.07) is 193.